The van der Waals surface area contributed by atoms with E-state index in [0.29, 0.717) is 0 Å². The van der Waals surface area contributed by atoms with Crippen molar-refractivity contribution in [2.24, 2.45) is 0 Å². The Balaban J connectivity index is 1.94. The zero-order valence-electron chi connectivity index (χ0n) is 12.0. The molecule has 0 saturated heterocycles. The summed E-state index contributed by atoms with van der Waals surface area (Å²) in [6.07, 6.45) is 1.68. The third-order valence-corrected chi connectivity index (χ3v) is 3.78. The zero-order chi connectivity index (χ0) is 14.7. The van der Waals surface area contributed by atoms with E-state index >= 15 is 0 Å². The van der Waals surface area contributed by atoms with Crippen LogP contribution < -0.4 is 5.32 Å². The summed E-state index contributed by atoms with van der Waals surface area (Å²) in [5.74, 6) is 0.205. The molecule has 0 radical (unpaired) electrons. The monoisotopic (exact) mass is 294 g/mol. The molecule has 2 N–H and O–H groups in total. The second-order valence-corrected chi connectivity index (χ2v) is 5.70. The van der Waals surface area contributed by atoms with Gasteiger partial charge in [0.15, 0.2) is 5.16 Å². The number of hydrogen-bond acceptors (Lipinski definition) is 5. The van der Waals surface area contributed by atoms with Crippen molar-refractivity contribution in [3.8, 4) is 0 Å². The van der Waals surface area contributed by atoms with E-state index < -0.39 is 0 Å². The Morgan fingerprint density at radius 3 is 2.85 bits per heavy atom. The highest BCUT2D eigenvalue weighted by atomic mass is 32.2. The third kappa shape index (κ3) is 3.19. The predicted molar refractivity (Wildman–Crippen MR) is 77.8 cm³/mol. The highest BCUT2D eigenvalue weighted by Gasteiger charge is 2.13. The van der Waals surface area contributed by atoms with E-state index in [2.05, 4.69) is 25.7 Å². The van der Waals surface area contributed by atoms with Gasteiger partial charge in [0.2, 0.25) is 5.91 Å². The number of carbonyl (C=O) groups is 1. The second kappa shape index (κ2) is 6.08. The molecule has 2 rings (SSSR count). The van der Waals surface area contributed by atoms with E-state index in [0.717, 1.165) is 22.2 Å². The Labute approximate surface area is 121 Å². The van der Waals surface area contributed by atoms with Gasteiger partial charge < -0.3 is 9.88 Å². The standard InChI is InChI=1S/C12H18N6OS/c1-7(2)18-6-13-17-12(18)20-5-10(19)14-11-8(3)15-16-9(11)4/h6-7H,5H2,1-4H3,(H,14,19)(H,15,16). The number of carbonyl (C=O) groups excluding carboxylic acids is 1. The first-order chi connectivity index (χ1) is 9.49. The number of anilines is 1. The van der Waals surface area contributed by atoms with Crippen LogP contribution >= 0.6 is 11.8 Å². The molecule has 2 aromatic heterocycles. The van der Waals surface area contributed by atoms with E-state index in [4.69, 9.17) is 0 Å². The van der Waals surface area contributed by atoms with Crippen molar-refractivity contribution in [3.05, 3.63) is 17.7 Å². The minimum Gasteiger partial charge on any atom is -0.322 e. The quantitative estimate of drug-likeness (QED) is 0.823. The van der Waals surface area contributed by atoms with Crippen LogP contribution in [-0.2, 0) is 4.79 Å². The number of H-pyrrole nitrogens is 1. The molecular formula is C12H18N6OS. The van der Waals surface area contributed by atoms with E-state index in [9.17, 15) is 4.79 Å². The number of rotatable bonds is 5. The molecule has 2 aromatic rings. The molecule has 0 atom stereocenters. The van der Waals surface area contributed by atoms with Crippen LogP contribution in [0.25, 0.3) is 0 Å². The fraction of sp³-hybridized carbons (Fsp3) is 0.500. The normalized spacial score (nSPS) is 11.1. The minimum atomic E-state index is -0.0825. The molecule has 108 valence electrons. The first kappa shape index (κ1) is 14.6. The first-order valence-corrected chi connectivity index (χ1v) is 7.31. The van der Waals surface area contributed by atoms with Gasteiger partial charge in [0.25, 0.3) is 0 Å². The van der Waals surface area contributed by atoms with Crippen LogP contribution in [0.2, 0.25) is 0 Å². The number of nitrogens with zero attached hydrogens (tertiary/aromatic N) is 4. The number of hydrogen-bond donors (Lipinski definition) is 2. The maximum absolute atomic E-state index is 12.0. The van der Waals surface area contributed by atoms with Crippen molar-refractivity contribution in [2.45, 2.75) is 38.9 Å². The Morgan fingerprint density at radius 2 is 2.25 bits per heavy atom. The fourth-order valence-electron chi connectivity index (χ4n) is 1.73. The average molecular weight is 294 g/mol. The maximum Gasteiger partial charge on any atom is 0.234 e. The molecule has 0 aliphatic heterocycles. The summed E-state index contributed by atoms with van der Waals surface area (Å²) < 4.78 is 1.94. The van der Waals surface area contributed by atoms with E-state index in [1.54, 1.807) is 6.33 Å². The van der Waals surface area contributed by atoms with E-state index in [1.165, 1.54) is 11.8 Å². The van der Waals surface area contributed by atoms with Crippen LogP contribution in [-0.4, -0.2) is 36.6 Å². The van der Waals surface area contributed by atoms with Gasteiger partial charge in [-0.2, -0.15) is 5.10 Å². The number of thioether (sulfide) groups is 1. The second-order valence-electron chi connectivity index (χ2n) is 4.76. The van der Waals surface area contributed by atoms with Gasteiger partial charge in [-0.3, -0.25) is 9.89 Å². The smallest absolute Gasteiger partial charge is 0.234 e. The Bertz CT molecular complexity index is 583. The highest BCUT2D eigenvalue weighted by molar-refractivity contribution is 7.99. The van der Waals surface area contributed by atoms with Gasteiger partial charge in [0.1, 0.15) is 6.33 Å². The van der Waals surface area contributed by atoms with Gasteiger partial charge in [0.05, 0.1) is 22.8 Å². The number of nitrogens with one attached hydrogen (secondary N) is 2. The number of amides is 1. The van der Waals surface area contributed by atoms with Crippen molar-refractivity contribution in [3.63, 3.8) is 0 Å². The van der Waals surface area contributed by atoms with E-state index in [1.807, 2.05) is 32.3 Å². The van der Waals surface area contributed by atoms with Gasteiger partial charge in [0, 0.05) is 6.04 Å². The molecule has 2 heterocycles. The topological polar surface area (TPSA) is 88.5 Å². The Morgan fingerprint density at radius 1 is 1.50 bits per heavy atom. The van der Waals surface area contributed by atoms with Crippen LogP contribution in [0.4, 0.5) is 5.69 Å². The SMILES string of the molecule is Cc1n[nH]c(C)c1NC(=O)CSc1nncn1C(C)C. The van der Waals surface area contributed by atoms with Crippen LogP contribution in [0.5, 0.6) is 0 Å². The molecular weight excluding hydrogens is 276 g/mol. The lowest BCUT2D eigenvalue weighted by atomic mass is 10.3. The number of aryl methyl sites for hydroxylation is 2. The first-order valence-electron chi connectivity index (χ1n) is 6.32. The summed E-state index contributed by atoms with van der Waals surface area (Å²) in [5, 5.41) is 18.4. The van der Waals surface area contributed by atoms with Crippen molar-refractivity contribution in [1.82, 2.24) is 25.0 Å². The molecule has 0 saturated carbocycles. The average Bonchev–Trinajstić information content (AvgIpc) is 2.98. The zero-order valence-corrected chi connectivity index (χ0v) is 12.8. The molecule has 7 nitrogen and oxygen atoms in total. The van der Waals surface area contributed by atoms with Gasteiger partial charge in [-0.1, -0.05) is 11.8 Å². The van der Waals surface area contributed by atoms with Crippen molar-refractivity contribution in [2.75, 3.05) is 11.1 Å². The molecule has 0 spiro atoms. The molecule has 20 heavy (non-hydrogen) atoms. The van der Waals surface area contributed by atoms with Crippen molar-refractivity contribution < 1.29 is 4.79 Å². The largest absolute Gasteiger partial charge is 0.322 e. The summed E-state index contributed by atoms with van der Waals surface area (Å²) >= 11 is 1.37. The molecule has 8 heteroatoms. The van der Waals surface area contributed by atoms with Gasteiger partial charge >= 0.3 is 0 Å². The third-order valence-electron chi connectivity index (χ3n) is 2.82. The molecule has 0 fully saturated rings. The summed E-state index contributed by atoms with van der Waals surface area (Å²) in [5.41, 5.74) is 2.39. The highest BCUT2D eigenvalue weighted by Crippen LogP contribution is 2.20. The van der Waals surface area contributed by atoms with Crippen LogP contribution in [0.1, 0.15) is 31.3 Å². The molecule has 0 aliphatic rings. The van der Waals surface area contributed by atoms with Crippen LogP contribution in [0.15, 0.2) is 11.5 Å². The lowest BCUT2D eigenvalue weighted by Crippen LogP contribution is -2.15. The number of aromatic amines is 1. The summed E-state index contributed by atoms with van der Waals surface area (Å²) in [6.45, 7) is 7.82. The summed E-state index contributed by atoms with van der Waals surface area (Å²) in [6, 6.07) is 0.272. The molecule has 0 bridgehead atoms. The lowest BCUT2D eigenvalue weighted by Gasteiger charge is -2.09. The van der Waals surface area contributed by atoms with Crippen molar-refractivity contribution >= 4 is 23.4 Å². The minimum absolute atomic E-state index is 0.0825. The predicted octanol–water partition coefficient (Wildman–Crippen LogP) is 1.93. The van der Waals surface area contributed by atoms with Gasteiger partial charge in [-0.05, 0) is 27.7 Å². The molecule has 0 unspecified atom stereocenters. The van der Waals surface area contributed by atoms with Crippen LogP contribution in [0.3, 0.4) is 0 Å². The summed E-state index contributed by atoms with van der Waals surface area (Å²) in [4.78, 5) is 12.0. The Kier molecular flexibility index (Phi) is 4.43. The molecule has 1 amide bonds. The summed E-state index contributed by atoms with van der Waals surface area (Å²) in [7, 11) is 0. The number of aromatic nitrogens is 5. The lowest BCUT2D eigenvalue weighted by molar-refractivity contribution is -0.113. The van der Waals surface area contributed by atoms with Crippen molar-refractivity contribution in [1.29, 1.82) is 0 Å². The maximum atomic E-state index is 12.0. The fourth-order valence-corrected chi connectivity index (χ4v) is 2.57. The van der Waals surface area contributed by atoms with E-state index in [-0.39, 0.29) is 17.7 Å². The van der Waals surface area contributed by atoms with Gasteiger partial charge in [-0.15, -0.1) is 10.2 Å². The molecule has 0 aliphatic carbocycles. The Hall–Kier alpha value is -1.83. The van der Waals surface area contributed by atoms with Gasteiger partial charge in [-0.25, -0.2) is 0 Å². The molecule has 0 aromatic carbocycles. The van der Waals surface area contributed by atoms with Crippen LogP contribution in [0, 0.1) is 13.8 Å².